The van der Waals surface area contributed by atoms with Gasteiger partial charge >= 0.3 is 0 Å². The number of ether oxygens (including phenoxy) is 1. The van der Waals surface area contributed by atoms with Crippen LogP contribution in [0, 0.1) is 6.92 Å². The van der Waals surface area contributed by atoms with Gasteiger partial charge in [-0.25, -0.2) is 9.89 Å². The summed E-state index contributed by atoms with van der Waals surface area (Å²) in [4.78, 5) is 50.5. The number of methoxy groups -OCH3 is 1. The Balaban J connectivity index is 1.24. The van der Waals surface area contributed by atoms with Crippen LogP contribution in [0.2, 0.25) is 0 Å². The van der Waals surface area contributed by atoms with Crippen LogP contribution in [-0.2, 0) is 27.5 Å². The topological polar surface area (TPSA) is 112 Å². The maximum atomic E-state index is 13.7. The van der Waals surface area contributed by atoms with E-state index in [1.807, 2.05) is 86.6 Å². The van der Waals surface area contributed by atoms with Gasteiger partial charge < -0.3 is 15.4 Å². The highest BCUT2D eigenvalue weighted by atomic mass is 32.2. The van der Waals surface area contributed by atoms with Crippen molar-refractivity contribution in [1.29, 1.82) is 0 Å². The Kier molecular flexibility index (Phi) is 9.56. The van der Waals surface area contributed by atoms with E-state index in [-0.39, 0.29) is 30.6 Å². The second kappa shape index (κ2) is 13.7. The molecular weight excluding hydrogens is 562 g/mol. The van der Waals surface area contributed by atoms with Crippen LogP contribution < -0.4 is 15.4 Å². The average Bonchev–Trinajstić information content (AvgIpc) is 3.37. The van der Waals surface area contributed by atoms with Gasteiger partial charge in [0.1, 0.15) is 17.6 Å². The predicted octanol–water partition coefficient (Wildman–Crippen LogP) is 4.89. The second-order valence-electron chi connectivity index (χ2n) is 10.4. The van der Waals surface area contributed by atoms with Crippen LogP contribution in [0.4, 0.5) is 5.69 Å². The molecule has 0 unspecified atom stereocenters. The minimum Gasteiger partial charge on any atom is -0.497 e. The quantitative estimate of drug-likeness (QED) is 0.327. The lowest BCUT2D eigenvalue weighted by atomic mass is 10.1. The number of carbonyl (C=O) groups is 3. The number of amidine groups is 2. The first kappa shape index (κ1) is 30.0. The van der Waals surface area contributed by atoms with Crippen LogP contribution in [-0.4, -0.2) is 52.0 Å². The van der Waals surface area contributed by atoms with Gasteiger partial charge in [-0.3, -0.25) is 19.4 Å². The first-order chi connectivity index (χ1) is 20.9. The number of hydrogen-bond donors (Lipinski definition) is 2. The fourth-order valence-electron chi connectivity index (χ4n) is 4.83. The Bertz CT molecular complexity index is 1550. The minimum atomic E-state index is -0.714. The fourth-order valence-corrected chi connectivity index (χ4v) is 5.87. The molecule has 0 bridgehead atoms. The highest BCUT2D eigenvalue weighted by Gasteiger charge is 2.42. The summed E-state index contributed by atoms with van der Waals surface area (Å²) < 4.78 is 5.17. The summed E-state index contributed by atoms with van der Waals surface area (Å²) in [5, 5.41) is 5.90. The van der Waals surface area contributed by atoms with E-state index in [9.17, 15) is 14.4 Å². The SMILES string of the molecule is CC[C@@H](SC1=Nc2ccccc2C2=N[C@@H](CCC(=O)NCc3ccc(OC)cc3)C(=O)N12)C(=O)NCc1ccc(C)cc1. The largest absolute Gasteiger partial charge is 0.497 e. The van der Waals surface area contributed by atoms with Crippen molar-refractivity contribution in [2.24, 2.45) is 9.98 Å². The summed E-state index contributed by atoms with van der Waals surface area (Å²) in [7, 11) is 1.61. The van der Waals surface area contributed by atoms with E-state index in [4.69, 9.17) is 14.7 Å². The molecule has 0 spiro atoms. The first-order valence-electron chi connectivity index (χ1n) is 14.4. The number of carbonyl (C=O) groups excluding carboxylic acids is 3. The lowest BCUT2D eigenvalue weighted by Crippen LogP contribution is -2.43. The van der Waals surface area contributed by atoms with E-state index in [1.165, 1.54) is 16.7 Å². The Morgan fingerprint density at radius 2 is 1.65 bits per heavy atom. The number of para-hydroxylation sites is 1. The maximum absolute atomic E-state index is 13.7. The van der Waals surface area contributed by atoms with Gasteiger partial charge in [-0.05, 0) is 55.2 Å². The van der Waals surface area contributed by atoms with Crippen molar-refractivity contribution in [2.75, 3.05) is 7.11 Å². The predicted molar refractivity (Wildman–Crippen MR) is 169 cm³/mol. The summed E-state index contributed by atoms with van der Waals surface area (Å²) in [6.45, 7) is 4.76. The summed E-state index contributed by atoms with van der Waals surface area (Å²) in [5.74, 6) is 0.741. The molecule has 3 aromatic rings. The third-order valence-electron chi connectivity index (χ3n) is 7.34. The van der Waals surface area contributed by atoms with Crippen molar-refractivity contribution in [2.45, 2.75) is 57.5 Å². The van der Waals surface area contributed by atoms with Crippen molar-refractivity contribution < 1.29 is 19.1 Å². The monoisotopic (exact) mass is 597 g/mol. The molecule has 2 N–H and O–H groups in total. The van der Waals surface area contributed by atoms with E-state index in [0.29, 0.717) is 36.2 Å². The minimum absolute atomic E-state index is 0.121. The zero-order chi connectivity index (χ0) is 30.3. The number of aliphatic imine (C=N–C) groups is 2. The number of nitrogens with one attached hydrogen (secondary N) is 2. The summed E-state index contributed by atoms with van der Waals surface area (Å²) >= 11 is 1.26. The van der Waals surface area contributed by atoms with E-state index in [2.05, 4.69) is 10.6 Å². The normalized spacial score (nSPS) is 16.0. The van der Waals surface area contributed by atoms with Crippen LogP contribution in [0.1, 0.15) is 48.4 Å². The third kappa shape index (κ3) is 7.14. The molecule has 222 valence electrons. The lowest BCUT2D eigenvalue weighted by molar-refractivity contribution is -0.125. The van der Waals surface area contributed by atoms with Crippen molar-refractivity contribution >= 4 is 46.2 Å². The molecule has 0 aliphatic carbocycles. The number of benzene rings is 3. The molecule has 0 saturated carbocycles. The van der Waals surface area contributed by atoms with Gasteiger partial charge in [-0.15, -0.1) is 0 Å². The van der Waals surface area contributed by atoms with Crippen molar-refractivity contribution in [3.8, 4) is 5.75 Å². The molecule has 2 atom stereocenters. The van der Waals surface area contributed by atoms with Gasteiger partial charge in [0.05, 0.1) is 18.0 Å². The van der Waals surface area contributed by atoms with Crippen LogP contribution in [0.25, 0.3) is 0 Å². The maximum Gasteiger partial charge on any atom is 0.259 e. The lowest BCUT2D eigenvalue weighted by Gasteiger charge is -2.27. The van der Waals surface area contributed by atoms with Crippen LogP contribution in [0.5, 0.6) is 5.75 Å². The molecule has 3 aromatic carbocycles. The van der Waals surface area contributed by atoms with Gasteiger partial charge in [0.25, 0.3) is 5.91 Å². The Morgan fingerprint density at radius 1 is 0.977 bits per heavy atom. The fraction of sp³-hybridized carbons (Fsp3) is 0.303. The molecule has 2 heterocycles. The molecule has 10 heteroatoms. The molecule has 5 rings (SSSR count). The highest BCUT2D eigenvalue weighted by molar-refractivity contribution is 8.15. The molecular formula is C33H35N5O4S. The van der Waals surface area contributed by atoms with E-state index in [1.54, 1.807) is 7.11 Å². The van der Waals surface area contributed by atoms with E-state index >= 15 is 0 Å². The summed E-state index contributed by atoms with van der Waals surface area (Å²) in [5.41, 5.74) is 4.58. The molecule has 0 fully saturated rings. The van der Waals surface area contributed by atoms with Gasteiger partial charge in [-0.1, -0.05) is 72.8 Å². The van der Waals surface area contributed by atoms with Crippen molar-refractivity contribution in [1.82, 2.24) is 15.5 Å². The number of rotatable bonds is 11. The van der Waals surface area contributed by atoms with Crippen molar-refractivity contribution in [3.05, 3.63) is 95.1 Å². The van der Waals surface area contributed by atoms with Crippen molar-refractivity contribution in [3.63, 3.8) is 0 Å². The van der Waals surface area contributed by atoms with Crippen LogP contribution in [0.15, 0.2) is 82.8 Å². The molecule has 9 nitrogen and oxygen atoms in total. The third-order valence-corrected chi connectivity index (χ3v) is 8.66. The Hall–Kier alpha value is -4.44. The summed E-state index contributed by atoms with van der Waals surface area (Å²) in [6.07, 6.45) is 0.969. The van der Waals surface area contributed by atoms with Gasteiger partial charge in [0, 0.05) is 25.1 Å². The number of fused-ring (bicyclic) bond motifs is 3. The Morgan fingerprint density at radius 3 is 2.35 bits per heavy atom. The average molecular weight is 598 g/mol. The number of amides is 3. The molecule has 43 heavy (non-hydrogen) atoms. The molecule has 0 radical (unpaired) electrons. The molecule has 2 aliphatic heterocycles. The molecule has 0 saturated heterocycles. The standard InChI is InChI=1S/C33H35N5O4S/c1-4-28(31(40)35-20-22-11-9-21(2)10-12-22)43-33-37-26-8-6-5-7-25(26)30-36-27(32(41)38(30)33)17-18-29(39)34-19-23-13-15-24(42-3)16-14-23/h5-16,27-28H,4,17-20H2,1-3H3,(H,34,39)(H,35,40)/t27-,28+/m0/s1. The highest BCUT2D eigenvalue weighted by Crippen LogP contribution is 2.35. The Labute approximate surface area is 255 Å². The molecule has 3 amide bonds. The van der Waals surface area contributed by atoms with Gasteiger partial charge in [0.15, 0.2) is 5.17 Å². The van der Waals surface area contributed by atoms with Gasteiger partial charge in [0.2, 0.25) is 11.8 Å². The number of nitrogens with zero attached hydrogens (tertiary/aromatic N) is 3. The van der Waals surface area contributed by atoms with Gasteiger partial charge in [-0.2, -0.15) is 0 Å². The van der Waals surface area contributed by atoms with Crippen LogP contribution in [0.3, 0.4) is 0 Å². The van der Waals surface area contributed by atoms with Crippen LogP contribution >= 0.6 is 11.8 Å². The number of aryl methyl sites for hydroxylation is 1. The summed E-state index contributed by atoms with van der Waals surface area (Å²) in [6, 6.07) is 22.3. The van der Waals surface area contributed by atoms with E-state index < -0.39 is 11.3 Å². The molecule has 0 aromatic heterocycles. The zero-order valence-corrected chi connectivity index (χ0v) is 25.3. The first-order valence-corrected chi connectivity index (χ1v) is 15.2. The second-order valence-corrected chi connectivity index (χ2v) is 11.6. The smallest absolute Gasteiger partial charge is 0.259 e. The molecule has 2 aliphatic rings. The number of thioether (sulfide) groups is 1. The number of hydrogen-bond acceptors (Lipinski definition) is 7. The zero-order valence-electron chi connectivity index (χ0n) is 24.5. The van der Waals surface area contributed by atoms with E-state index in [0.717, 1.165) is 28.0 Å².